The van der Waals surface area contributed by atoms with Crippen LogP contribution in [0.1, 0.15) is 10.4 Å². The molecule has 5 heteroatoms. The molecule has 1 N–H and O–H groups in total. The first-order valence-corrected chi connectivity index (χ1v) is 6.19. The van der Waals surface area contributed by atoms with Gasteiger partial charge in [0.25, 0.3) is 0 Å². The summed E-state index contributed by atoms with van der Waals surface area (Å²) >= 11 is 9.03. The number of carboxylic acid groups (broad SMARTS) is 1. The van der Waals surface area contributed by atoms with Crippen LogP contribution < -0.4 is 4.74 Å². The van der Waals surface area contributed by atoms with E-state index in [4.69, 9.17) is 21.4 Å². The van der Waals surface area contributed by atoms with Gasteiger partial charge < -0.3 is 9.84 Å². The molecule has 18 heavy (non-hydrogen) atoms. The lowest BCUT2D eigenvalue weighted by atomic mass is 10.2. The predicted octanol–water partition coefficient (Wildman–Crippen LogP) is 4.59. The highest BCUT2D eigenvalue weighted by molar-refractivity contribution is 9.10. The molecule has 0 atom stereocenters. The van der Waals surface area contributed by atoms with E-state index >= 15 is 0 Å². The number of rotatable bonds is 3. The van der Waals surface area contributed by atoms with E-state index in [0.717, 1.165) is 0 Å². The van der Waals surface area contributed by atoms with E-state index in [9.17, 15) is 4.79 Å². The second-order valence-electron chi connectivity index (χ2n) is 3.51. The monoisotopic (exact) mass is 326 g/mol. The van der Waals surface area contributed by atoms with Gasteiger partial charge in [0.15, 0.2) is 0 Å². The lowest BCUT2D eigenvalue weighted by Crippen LogP contribution is -1.97. The van der Waals surface area contributed by atoms with Gasteiger partial charge in [-0.3, -0.25) is 0 Å². The molecule has 0 spiro atoms. The van der Waals surface area contributed by atoms with Crippen LogP contribution in [0.4, 0.5) is 0 Å². The van der Waals surface area contributed by atoms with Crippen molar-refractivity contribution in [2.45, 2.75) is 0 Å². The Kier molecular flexibility index (Phi) is 3.89. The highest BCUT2D eigenvalue weighted by atomic mass is 79.9. The summed E-state index contributed by atoms with van der Waals surface area (Å²) in [6, 6.07) is 11.6. The predicted molar refractivity (Wildman–Crippen MR) is 72.6 cm³/mol. The van der Waals surface area contributed by atoms with Crippen molar-refractivity contribution in [3.63, 3.8) is 0 Å². The normalized spacial score (nSPS) is 10.1. The van der Waals surface area contributed by atoms with Crippen molar-refractivity contribution in [3.05, 3.63) is 57.5 Å². The van der Waals surface area contributed by atoms with Gasteiger partial charge in [-0.05, 0) is 52.3 Å². The van der Waals surface area contributed by atoms with Gasteiger partial charge in [0.05, 0.1) is 5.56 Å². The molecule has 2 rings (SSSR count). The molecule has 0 saturated carbocycles. The second kappa shape index (κ2) is 5.42. The van der Waals surface area contributed by atoms with Crippen LogP contribution in [0.2, 0.25) is 5.02 Å². The molecule has 2 aromatic rings. The Labute approximate surface area is 117 Å². The van der Waals surface area contributed by atoms with E-state index < -0.39 is 5.97 Å². The van der Waals surface area contributed by atoms with Crippen LogP contribution in [0, 0.1) is 0 Å². The first kappa shape index (κ1) is 12.9. The quantitative estimate of drug-likeness (QED) is 0.896. The van der Waals surface area contributed by atoms with E-state index in [-0.39, 0.29) is 5.56 Å². The number of hydrogen-bond donors (Lipinski definition) is 1. The third-order valence-electron chi connectivity index (χ3n) is 2.20. The van der Waals surface area contributed by atoms with E-state index in [0.29, 0.717) is 21.0 Å². The maximum Gasteiger partial charge on any atom is 0.336 e. The van der Waals surface area contributed by atoms with Gasteiger partial charge in [0.1, 0.15) is 11.5 Å². The van der Waals surface area contributed by atoms with Crippen LogP contribution in [-0.2, 0) is 0 Å². The molecule has 0 aromatic heterocycles. The van der Waals surface area contributed by atoms with Crippen LogP contribution in [0.15, 0.2) is 46.9 Å². The molecule has 0 unspecified atom stereocenters. The number of hydrogen-bond acceptors (Lipinski definition) is 2. The fraction of sp³-hybridized carbons (Fsp3) is 0. The standard InChI is InChI=1S/C13H8BrClO3/c14-12-7-10(4-5-11(12)13(16)17)18-9-3-1-2-8(15)6-9/h1-7H,(H,16,17). The number of ether oxygens (including phenoxy) is 1. The number of carbonyl (C=O) groups is 1. The van der Waals surface area contributed by atoms with Crippen molar-refractivity contribution in [2.75, 3.05) is 0 Å². The molecular weight excluding hydrogens is 319 g/mol. The van der Waals surface area contributed by atoms with Crippen LogP contribution in [-0.4, -0.2) is 11.1 Å². The Bertz CT molecular complexity index is 599. The number of benzene rings is 2. The summed E-state index contributed by atoms with van der Waals surface area (Å²) < 4.78 is 6.03. The SMILES string of the molecule is O=C(O)c1ccc(Oc2cccc(Cl)c2)cc1Br. The minimum absolute atomic E-state index is 0.188. The van der Waals surface area contributed by atoms with Gasteiger partial charge in [0, 0.05) is 9.50 Å². The Hall–Kier alpha value is -1.52. The average Bonchev–Trinajstić information content (AvgIpc) is 2.28. The molecule has 0 saturated heterocycles. The molecule has 0 aliphatic carbocycles. The molecule has 92 valence electrons. The molecule has 2 aromatic carbocycles. The third kappa shape index (κ3) is 3.03. The van der Waals surface area contributed by atoms with Crippen LogP contribution in [0.3, 0.4) is 0 Å². The zero-order valence-corrected chi connectivity index (χ0v) is 11.4. The van der Waals surface area contributed by atoms with Crippen molar-refractivity contribution in [1.82, 2.24) is 0 Å². The number of aromatic carboxylic acids is 1. The van der Waals surface area contributed by atoms with E-state index in [1.165, 1.54) is 6.07 Å². The Morgan fingerprint density at radius 1 is 1.17 bits per heavy atom. The first-order chi connectivity index (χ1) is 8.56. The third-order valence-corrected chi connectivity index (χ3v) is 3.09. The van der Waals surface area contributed by atoms with Crippen LogP contribution in [0.5, 0.6) is 11.5 Å². The van der Waals surface area contributed by atoms with Gasteiger partial charge in [-0.25, -0.2) is 4.79 Å². The zero-order chi connectivity index (χ0) is 13.1. The Balaban J connectivity index is 2.25. The lowest BCUT2D eigenvalue weighted by molar-refractivity contribution is 0.0696. The van der Waals surface area contributed by atoms with Gasteiger partial charge >= 0.3 is 5.97 Å². The van der Waals surface area contributed by atoms with Crippen LogP contribution >= 0.6 is 27.5 Å². The molecule has 0 aliphatic rings. The first-order valence-electron chi connectivity index (χ1n) is 5.02. The van der Waals surface area contributed by atoms with E-state index in [1.807, 2.05) is 0 Å². The molecule has 0 amide bonds. The van der Waals surface area contributed by atoms with Crippen LogP contribution in [0.25, 0.3) is 0 Å². The van der Waals surface area contributed by atoms with Crippen molar-refractivity contribution >= 4 is 33.5 Å². The average molecular weight is 328 g/mol. The second-order valence-corrected chi connectivity index (χ2v) is 4.80. The summed E-state index contributed by atoms with van der Waals surface area (Å²) in [5, 5.41) is 9.47. The topological polar surface area (TPSA) is 46.5 Å². The lowest BCUT2D eigenvalue weighted by Gasteiger charge is -2.07. The summed E-state index contributed by atoms with van der Waals surface area (Å²) in [4.78, 5) is 10.8. The molecular formula is C13H8BrClO3. The zero-order valence-electron chi connectivity index (χ0n) is 9.06. The van der Waals surface area contributed by atoms with Gasteiger partial charge in [0.2, 0.25) is 0 Å². The summed E-state index contributed by atoms with van der Waals surface area (Å²) in [6.45, 7) is 0. The molecule has 3 nitrogen and oxygen atoms in total. The maximum atomic E-state index is 10.8. The number of carboxylic acids is 1. The summed E-state index contributed by atoms with van der Waals surface area (Å²) in [7, 11) is 0. The molecule has 0 fully saturated rings. The van der Waals surface area contributed by atoms with Gasteiger partial charge in [-0.2, -0.15) is 0 Å². The summed E-state index contributed by atoms with van der Waals surface area (Å²) in [5.41, 5.74) is 0.188. The van der Waals surface area contributed by atoms with E-state index in [2.05, 4.69) is 15.9 Å². The minimum atomic E-state index is -0.990. The largest absolute Gasteiger partial charge is 0.478 e. The molecule has 0 aliphatic heterocycles. The van der Waals surface area contributed by atoms with Crippen molar-refractivity contribution in [3.8, 4) is 11.5 Å². The Morgan fingerprint density at radius 3 is 2.50 bits per heavy atom. The fourth-order valence-corrected chi connectivity index (χ4v) is 2.11. The Morgan fingerprint density at radius 2 is 1.89 bits per heavy atom. The molecule has 0 radical (unpaired) electrons. The van der Waals surface area contributed by atoms with Gasteiger partial charge in [-0.15, -0.1) is 0 Å². The highest BCUT2D eigenvalue weighted by Gasteiger charge is 2.09. The molecule has 0 heterocycles. The van der Waals surface area contributed by atoms with E-state index in [1.54, 1.807) is 36.4 Å². The maximum absolute atomic E-state index is 10.8. The summed E-state index contributed by atoms with van der Waals surface area (Å²) in [5.74, 6) is 0.141. The van der Waals surface area contributed by atoms with Crippen molar-refractivity contribution < 1.29 is 14.6 Å². The fourth-order valence-electron chi connectivity index (χ4n) is 1.40. The van der Waals surface area contributed by atoms with Gasteiger partial charge in [-0.1, -0.05) is 17.7 Å². The number of halogens is 2. The highest BCUT2D eigenvalue weighted by Crippen LogP contribution is 2.28. The summed E-state index contributed by atoms with van der Waals surface area (Å²) in [6.07, 6.45) is 0. The molecule has 0 bridgehead atoms. The minimum Gasteiger partial charge on any atom is -0.478 e. The smallest absolute Gasteiger partial charge is 0.336 e. The van der Waals surface area contributed by atoms with Crippen molar-refractivity contribution in [1.29, 1.82) is 0 Å². The van der Waals surface area contributed by atoms with Crippen molar-refractivity contribution in [2.24, 2.45) is 0 Å².